The molecule has 0 spiro atoms. The SMILES string of the molecule is C/C=C/COCC1CCC(CNCC(C)C)O1. The summed E-state index contributed by atoms with van der Waals surface area (Å²) < 4.78 is 11.4. The highest BCUT2D eigenvalue weighted by Gasteiger charge is 2.24. The van der Waals surface area contributed by atoms with Crippen molar-refractivity contribution in [2.24, 2.45) is 5.92 Å². The Balaban J connectivity index is 2.02. The van der Waals surface area contributed by atoms with Gasteiger partial charge in [0.15, 0.2) is 0 Å². The number of allylic oxidation sites excluding steroid dienone is 1. The Kier molecular flexibility index (Phi) is 7.49. The van der Waals surface area contributed by atoms with Crippen LogP contribution in [0.5, 0.6) is 0 Å². The van der Waals surface area contributed by atoms with Crippen molar-refractivity contribution in [3.8, 4) is 0 Å². The fourth-order valence-electron chi connectivity index (χ4n) is 1.95. The monoisotopic (exact) mass is 241 g/mol. The molecule has 1 heterocycles. The second-order valence-electron chi connectivity index (χ2n) is 5.12. The zero-order chi connectivity index (χ0) is 12.5. The van der Waals surface area contributed by atoms with Gasteiger partial charge in [-0.1, -0.05) is 26.0 Å². The Bertz CT molecular complexity index is 216. The molecule has 2 atom stereocenters. The standard InChI is InChI=1S/C14H27NO2/c1-4-5-8-16-11-14-7-6-13(17-14)10-15-9-12(2)3/h4-5,12-15H,6-11H2,1-3H3/b5-4+. The van der Waals surface area contributed by atoms with Crippen LogP contribution in [0.2, 0.25) is 0 Å². The van der Waals surface area contributed by atoms with Gasteiger partial charge in [-0.25, -0.2) is 0 Å². The van der Waals surface area contributed by atoms with Crippen molar-refractivity contribution in [3.05, 3.63) is 12.2 Å². The highest BCUT2D eigenvalue weighted by Crippen LogP contribution is 2.19. The van der Waals surface area contributed by atoms with Crippen LogP contribution in [0.1, 0.15) is 33.6 Å². The lowest BCUT2D eigenvalue weighted by Gasteiger charge is -2.15. The second kappa shape index (κ2) is 8.67. The number of ether oxygens (including phenoxy) is 2. The average Bonchev–Trinajstić information content (AvgIpc) is 2.72. The van der Waals surface area contributed by atoms with Crippen LogP contribution in [0.15, 0.2) is 12.2 Å². The predicted octanol–water partition coefficient (Wildman–Crippen LogP) is 2.37. The average molecular weight is 241 g/mol. The maximum Gasteiger partial charge on any atom is 0.0814 e. The van der Waals surface area contributed by atoms with Crippen molar-refractivity contribution in [1.82, 2.24) is 5.32 Å². The van der Waals surface area contributed by atoms with Crippen molar-refractivity contribution in [3.63, 3.8) is 0 Å². The molecule has 0 aromatic carbocycles. The maximum absolute atomic E-state index is 5.91. The molecule has 1 aliphatic heterocycles. The fourth-order valence-corrected chi connectivity index (χ4v) is 1.95. The van der Waals surface area contributed by atoms with Crippen LogP contribution in [0.25, 0.3) is 0 Å². The lowest BCUT2D eigenvalue weighted by Crippen LogP contribution is -2.30. The van der Waals surface area contributed by atoms with Gasteiger partial charge in [-0.2, -0.15) is 0 Å². The lowest BCUT2D eigenvalue weighted by atomic mass is 10.2. The van der Waals surface area contributed by atoms with Gasteiger partial charge in [0.1, 0.15) is 0 Å². The van der Waals surface area contributed by atoms with E-state index in [1.165, 1.54) is 0 Å². The summed E-state index contributed by atoms with van der Waals surface area (Å²) >= 11 is 0. The molecule has 1 N–H and O–H groups in total. The molecule has 3 nitrogen and oxygen atoms in total. The van der Waals surface area contributed by atoms with Crippen LogP contribution in [0, 0.1) is 5.92 Å². The molecule has 100 valence electrons. The van der Waals surface area contributed by atoms with Gasteiger partial charge < -0.3 is 14.8 Å². The van der Waals surface area contributed by atoms with Gasteiger partial charge in [-0.3, -0.25) is 0 Å². The third-order valence-electron chi connectivity index (χ3n) is 2.87. The highest BCUT2D eigenvalue weighted by atomic mass is 16.5. The molecule has 17 heavy (non-hydrogen) atoms. The number of hydrogen-bond donors (Lipinski definition) is 1. The molecule has 2 unspecified atom stereocenters. The van der Waals surface area contributed by atoms with Crippen LogP contribution < -0.4 is 5.32 Å². The van der Waals surface area contributed by atoms with E-state index in [1.807, 2.05) is 19.1 Å². The summed E-state index contributed by atoms with van der Waals surface area (Å²) in [5.74, 6) is 0.705. The van der Waals surface area contributed by atoms with E-state index < -0.39 is 0 Å². The van der Waals surface area contributed by atoms with Crippen molar-refractivity contribution >= 4 is 0 Å². The molecular formula is C14H27NO2. The first-order chi connectivity index (χ1) is 8.22. The van der Waals surface area contributed by atoms with E-state index >= 15 is 0 Å². The summed E-state index contributed by atoms with van der Waals surface area (Å²) in [6, 6.07) is 0. The van der Waals surface area contributed by atoms with E-state index in [0.717, 1.165) is 32.5 Å². The van der Waals surface area contributed by atoms with Gasteiger partial charge in [0.2, 0.25) is 0 Å². The summed E-state index contributed by atoms with van der Waals surface area (Å²) in [6.07, 6.45) is 6.99. The Morgan fingerprint density at radius 3 is 2.82 bits per heavy atom. The first-order valence-electron chi connectivity index (χ1n) is 6.77. The minimum atomic E-state index is 0.297. The van der Waals surface area contributed by atoms with E-state index in [-0.39, 0.29) is 0 Å². The quantitative estimate of drug-likeness (QED) is 0.523. The minimum Gasteiger partial charge on any atom is -0.375 e. The van der Waals surface area contributed by atoms with E-state index in [0.29, 0.717) is 24.7 Å². The molecule has 0 aliphatic carbocycles. The first-order valence-corrected chi connectivity index (χ1v) is 6.77. The Hall–Kier alpha value is -0.380. The second-order valence-corrected chi connectivity index (χ2v) is 5.12. The third-order valence-corrected chi connectivity index (χ3v) is 2.87. The summed E-state index contributed by atoms with van der Waals surface area (Å²) in [5.41, 5.74) is 0. The third kappa shape index (κ3) is 6.81. The van der Waals surface area contributed by atoms with Gasteiger partial charge in [0, 0.05) is 6.54 Å². The van der Waals surface area contributed by atoms with E-state index in [2.05, 4.69) is 19.2 Å². The van der Waals surface area contributed by atoms with Gasteiger partial charge in [-0.15, -0.1) is 0 Å². The fraction of sp³-hybridized carbons (Fsp3) is 0.857. The van der Waals surface area contributed by atoms with E-state index in [9.17, 15) is 0 Å². The van der Waals surface area contributed by atoms with Crippen LogP contribution in [-0.2, 0) is 9.47 Å². The highest BCUT2D eigenvalue weighted by molar-refractivity contribution is 4.78. The van der Waals surface area contributed by atoms with Gasteiger partial charge in [0.25, 0.3) is 0 Å². The zero-order valence-electron chi connectivity index (χ0n) is 11.4. The summed E-state index contributed by atoms with van der Waals surface area (Å²) in [6.45, 7) is 9.93. The first kappa shape index (κ1) is 14.7. The predicted molar refractivity (Wildman–Crippen MR) is 71.2 cm³/mol. The molecule has 1 fully saturated rings. The normalized spacial score (nSPS) is 25.2. The minimum absolute atomic E-state index is 0.297. The maximum atomic E-state index is 5.91. The molecule has 3 heteroatoms. The van der Waals surface area contributed by atoms with E-state index in [1.54, 1.807) is 0 Å². The lowest BCUT2D eigenvalue weighted by molar-refractivity contribution is -0.00820. The Morgan fingerprint density at radius 1 is 1.35 bits per heavy atom. The van der Waals surface area contributed by atoms with Crippen LogP contribution in [0.3, 0.4) is 0 Å². The Labute approximate surface area is 106 Å². The summed E-state index contributed by atoms with van der Waals surface area (Å²) in [5, 5.41) is 3.45. The number of hydrogen-bond acceptors (Lipinski definition) is 3. The van der Waals surface area contributed by atoms with Gasteiger partial charge >= 0.3 is 0 Å². The molecule has 0 amide bonds. The van der Waals surface area contributed by atoms with Crippen LogP contribution >= 0.6 is 0 Å². The van der Waals surface area contributed by atoms with Crippen LogP contribution in [0.4, 0.5) is 0 Å². The van der Waals surface area contributed by atoms with Gasteiger partial charge in [0.05, 0.1) is 25.4 Å². The van der Waals surface area contributed by atoms with Crippen molar-refractivity contribution < 1.29 is 9.47 Å². The number of rotatable bonds is 8. The van der Waals surface area contributed by atoms with Crippen LogP contribution in [-0.4, -0.2) is 38.5 Å². The van der Waals surface area contributed by atoms with Crippen molar-refractivity contribution in [2.45, 2.75) is 45.8 Å². The van der Waals surface area contributed by atoms with Gasteiger partial charge in [-0.05, 0) is 32.2 Å². The van der Waals surface area contributed by atoms with E-state index in [4.69, 9.17) is 9.47 Å². The molecule has 1 saturated heterocycles. The molecule has 1 aliphatic rings. The molecule has 0 radical (unpaired) electrons. The largest absolute Gasteiger partial charge is 0.375 e. The topological polar surface area (TPSA) is 30.5 Å². The molecular weight excluding hydrogens is 214 g/mol. The molecule has 0 aromatic heterocycles. The molecule has 0 saturated carbocycles. The zero-order valence-corrected chi connectivity index (χ0v) is 11.4. The summed E-state index contributed by atoms with van der Waals surface area (Å²) in [7, 11) is 0. The summed E-state index contributed by atoms with van der Waals surface area (Å²) in [4.78, 5) is 0. The van der Waals surface area contributed by atoms with Crippen molar-refractivity contribution in [2.75, 3.05) is 26.3 Å². The molecule has 0 bridgehead atoms. The Morgan fingerprint density at radius 2 is 2.12 bits per heavy atom. The van der Waals surface area contributed by atoms with Crippen molar-refractivity contribution in [1.29, 1.82) is 0 Å². The molecule has 1 rings (SSSR count). The molecule has 0 aromatic rings. The number of nitrogens with one attached hydrogen (secondary N) is 1. The smallest absolute Gasteiger partial charge is 0.0814 e.